The zero-order valence-electron chi connectivity index (χ0n) is 11.5. The molecule has 0 radical (unpaired) electrons. The standard InChI is InChI=1S/C14H22N4O/c1-9-12(15)17-14(10-4-5-10)18-13(9)16-7-6-11-3-2-8-19-11/h10-11H,2-8H2,1H3,(H3,15,16,17,18). The Morgan fingerprint density at radius 1 is 1.32 bits per heavy atom. The summed E-state index contributed by atoms with van der Waals surface area (Å²) in [5, 5.41) is 3.39. The molecule has 2 aliphatic rings. The molecule has 0 spiro atoms. The van der Waals surface area contributed by atoms with E-state index < -0.39 is 0 Å². The van der Waals surface area contributed by atoms with E-state index in [9.17, 15) is 0 Å². The summed E-state index contributed by atoms with van der Waals surface area (Å²) in [6.45, 7) is 3.77. The van der Waals surface area contributed by atoms with Gasteiger partial charge < -0.3 is 15.8 Å². The van der Waals surface area contributed by atoms with Gasteiger partial charge in [0.25, 0.3) is 0 Å². The number of nitrogens with two attached hydrogens (primary N) is 1. The number of anilines is 2. The number of hydrogen-bond acceptors (Lipinski definition) is 5. The second-order valence-corrected chi connectivity index (χ2v) is 5.57. The number of nitrogens with one attached hydrogen (secondary N) is 1. The minimum absolute atomic E-state index is 0.412. The van der Waals surface area contributed by atoms with Crippen LogP contribution in [0.1, 0.15) is 49.4 Å². The van der Waals surface area contributed by atoms with Crippen molar-refractivity contribution >= 4 is 11.6 Å². The maximum atomic E-state index is 5.97. The van der Waals surface area contributed by atoms with Crippen LogP contribution >= 0.6 is 0 Å². The van der Waals surface area contributed by atoms with E-state index in [0.29, 0.717) is 17.8 Å². The maximum Gasteiger partial charge on any atom is 0.136 e. The highest BCUT2D eigenvalue weighted by Gasteiger charge is 2.27. The summed E-state index contributed by atoms with van der Waals surface area (Å²) < 4.78 is 5.62. The molecule has 1 aromatic heterocycles. The van der Waals surface area contributed by atoms with Crippen molar-refractivity contribution in [3.05, 3.63) is 11.4 Å². The Bertz CT molecular complexity index is 453. The summed E-state index contributed by atoms with van der Waals surface area (Å²) in [7, 11) is 0. The molecule has 1 aliphatic heterocycles. The first kappa shape index (κ1) is 12.7. The summed E-state index contributed by atoms with van der Waals surface area (Å²) >= 11 is 0. The normalized spacial score (nSPS) is 22.7. The number of nitrogen functional groups attached to an aromatic ring is 1. The highest BCUT2D eigenvalue weighted by Crippen LogP contribution is 2.39. The van der Waals surface area contributed by atoms with Crippen LogP contribution in [0.15, 0.2) is 0 Å². The van der Waals surface area contributed by atoms with Gasteiger partial charge in [-0.1, -0.05) is 0 Å². The van der Waals surface area contributed by atoms with Gasteiger partial charge in [-0.05, 0) is 39.0 Å². The lowest BCUT2D eigenvalue weighted by atomic mass is 10.2. The molecule has 1 saturated heterocycles. The number of nitrogens with zero attached hydrogens (tertiary/aromatic N) is 2. The predicted molar refractivity (Wildman–Crippen MR) is 75.2 cm³/mol. The number of ether oxygens (including phenoxy) is 1. The predicted octanol–water partition coefficient (Wildman–Crippen LogP) is 2.23. The van der Waals surface area contributed by atoms with E-state index in [2.05, 4.69) is 15.3 Å². The van der Waals surface area contributed by atoms with Crippen LogP contribution in [0.2, 0.25) is 0 Å². The smallest absolute Gasteiger partial charge is 0.136 e. The van der Waals surface area contributed by atoms with Gasteiger partial charge in [-0.3, -0.25) is 0 Å². The second-order valence-electron chi connectivity index (χ2n) is 5.57. The van der Waals surface area contributed by atoms with Crippen LogP contribution in [-0.4, -0.2) is 29.2 Å². The van der Waals surface area contributed by atoms with Gasteiger partial charge >= 0.3 is 0 Å². The van der Waals surface area contributed by atoms with Crippen molar-refractivity contribution in [1.82, 2.24) is 9.97 Å². The van der Waals surface area contributed by atoms with Crippen molar-refractivity contribution < 1.29 is 4.74 Å². The first-order chi connectivity index (χ1) is 9.24. The van der Waals surface area contributed by atoms with Gasteiger partial charge in [0, 0.05) is 24.6 Å². The molecule has 5 nitrogen and oxygen atoms in total. The van der Waals surface area contributed by atoms with Gasteiger partial charge in [-0.25, -0.2) is 9.97 Å². The van der Waals surface area contributed by atoms with Crippen molar-refractivity contribution in [3.63, 3.8) is 0 Å². The summed E-state index contributed by atoms with van der Waals surface area (Å²) in [5.74, 6) is 2.94. The average molecular weight is 262 g/mol. The third kappa shape index (κ3) is 2.97. The summed E-state index contributed by atoms with van der Waals surface area (Å²) in [4.78, 5) is 9.00. The zero-order valence-corrected chi connectivity index (χ0v) is 11.5. The van der Waals surface area contributed by atoms with Crippen molar-refractivity contribution in [2.75, 3.05) is 24.2 Å². The molecule has 1 aliphatic carbocycles. The van der Waals surface area contributed by atoms with E-state index >= 15 is 0 Å². The zero-order chi connectivity index (χ0) is 13.2. The van der Waals surface area contributed by atoms with Crippen molar-refractivity contribution in [3.8, 4) is 0 Å². The third-order valence-electron chi connectivity index (χ3n) is 3.93. The topological polar surface area (TPSA) is 73.1 Å². The SMILES string of the molecule is Cc1c(N)nc(C2CC2)nc1NCCC1CCCO1. The molecule has 2 fully saturated rings. The number of aromatic nitrogens is 2. The van der Waals surface area contributed by atoms with E-state index in [1.165, 1.54) is 25.7 Å². The van der Waals surface area contributed by atoms with Gasteiger partial charge in [0.2, 0.25) is 0 Å². The maximum absolute atomic E-state index is 5.97. The van der Waals surface area contributed by atoms with Crippen molar-refractivity contribution in [2.24, 2.45) is 0 Å². The molecule has 1 unspecified atom stereocenters. The Morgan fingerprint density at radius 3 is 2.84 bits per heavy atom. The number of hydrogen-bond donors (Lipinski definition) is 2. The fraction of sp³-hybridized carbons (Fsp3) is 0.714. The molecular weight excluding hydrogens is 240 g/mol. The first-order valence-corrected chi connectivity index (χ1v) is 7.23. The Hall–Kier alpha value is -1.36. The third-order valence-corrected chi connectivity index (χ3v) is 3.93. The first-order valence-electron chi connectivity index (χ1n) is 7.23. The van der Waals surface area contributed by atoms with Crippen LogP contribution in [0.25, 0.3) is 0 Å². The Morgan fingerprint density at radius 2 is 2.16 bits per heavy atom. The quantitative estimate of drug-likeness (QED) is 0.851. The van der Waals surface area contributed by atoms with Gasteiger partial charge in [0.15, 0.2) is 0 Å². The molecule has 3 N–H and O–H groups in total. The van der Waals surface area contributed by atoms with Gasteiger partial charge in [0.05, 0.1) is 6.10 Å². The van der Waals surface area contributed by atoms with Crippen molar-refractivity contribution in [1.29, 1.82) is 0 Å². The molecule has 0 aromatic carbocycles. The van der Waals surface area contributed by atoms with E-state index in [1.54, 1.807) is 0 Å². The van der Waals surface area contributed by atoms with Crippen LogP contribution in [-0.2, 0) is 4.74 Å². The lowest BCUT2D eigenvalue weighted by Crippen LogP contribution is -2.15. The lowest BCUT2D eigenvalue weighted by molar-refractivity contribution is 0.107. The molecule has 104 valence electrons. The van der Waals surface area contributed by atoms with E-state index in [0.717, 1.165) is 36.8 Å². The fourth-order valence-electron chi connectivity index (χ4n) is 2.47. The Labute approximate surface area is 114 Å². The molecule has 19 heavy (non-hydrogen) atoms. The molecule has 5 heteroatoms. The lowest BCUT2D eigenvalue weighted by Gasteiger charge is -2.13. The van der Waals surface area contributed by atoms with Gasteiger partial charge in [-0.2, -0.15) is 0 Å². The van der Waals surface area contributed by atoms with Crippen LogP contribution in [0.5, 0.6) is 0 Å². The second kappa shape index (κ2) is 5.33. The minimum atomic E-state index is 0.412. The van der Waals surface area contributed by atoms with Crippen LogP contribution < -0.4 is 11.1 Å². The van der Waals surface area contributed by atoms with E-state index in [1.807, 2.05) is 6.92 Å². The molecule has 1 atom stereocenters. The van der Waals surface area contributed by atoms with E-state index in [-0.39, 0.29) is 0 Å². The molecule has 0 amide bonds. The Kier molecular flexibility index (Phi) is 3.55. The molecule has 3 rings (SSSR count). The molecule has 2 heterocycles. The van der Waals surface area contributed by atoms with E-state index in [4.69, 9.17) is 10.5 Å². The molecule has 0 bridgehead atoms. The highest BCUT2D eigenvalue weighted by molar-refractivity contribution is 5.55. The van der Waals surface area contributed by atoms with Crippen molar-refractivity contribution in [2.45, 2.75) is 51.0 Å². The van der Waals surface area contributed by atoms with Gasteiger partial charge in [-0.15, -0.1) is 0 Å². The van der Waals surface area contributed by atoms with Crippen LogP contribution in [0.3, 0.4) is 0 Å². The van der Waals surface area contributed by atoms with Crippen LogP contribution in [0, 0.1) is 6.92 Å². The largest absolute Gasteiger partial charge is 0.383 e. The molecule has 1 saturated carbocycles. The van der Waals surface area contributed by atoms with Crippen LogP contribution in [0.4, 0.5) is 11.6 Å². The average Bonchev–Trinajstić information content (AvgIpc) is 3.12. The molecular formula is C14H22N4O. The highest BCUT2D eigenvalue weighted by atomic mass is 16.5. The minimum Gasteiger partial charge on any atom is -0.383 e. The Balaban J connectivity index is 1.62. The molecule has 1 aromatic rings. The number of rotatable bonds is 5. The van der Waals surface area contributed by atoms with Gasteiger partial charge in [0.1, 0.15) is 17.5 Å². The summed E-state index contributed by atoms with van der Waals surface area (Å²) in [6.07, 6.45) is 6.20. The fourth-order valence-corrected chi connectivity index (χ4v) is 2.47. The summed E-state index contributed by atoms with van der Waals surface area (Å²) in [6, 6.07) is 0. The summed E-state index contributed by atoms with van der Waals surface area (Å²) in [5.41, 5.74) is 6.92. The monoisotopic (exact) mass is 262 g/mol.